The van der Waals surface area contributed by atoms with Gasteiger partial charge >= 0.3 is 6.03 Å². The van der Waals surface area contributed by atoms with E-state index in [0.29, 0.717) is 45.9 Å². The minimum absolute atomic E-state index is 0.0886. The summed E-state index contributed by atoms with van der Waals surface area (Å²) in [5, 5.41) is 2.99. The molecule has 0 aromatic heterocycles. The van der Waals surface area contributed by atoms with Crippen LogP contribution in [0.4, 0.5) is 4.79 Å². The van der Waals surface area contributed by atoms with Crippen molar-refractivity contribution < 1.29 is 14.3 Å². The number of hydrogen-bond donors (Lipinski definition) is 1. The Labute approximate surface area is 162 Å². The number of rotatable bonds is 7. The zero-order valence-electron chi connectivity index (χ0n) is 16.9. The van der Waals surface area contributed by atoms with Crippen molar-refractivity contribution in [3.05, 3.63) is 35.4 Å². The number of benzene rings is 1. The Bertz CT molecular complexity index is 625. The van der Waals surface area contributed by atoms with E-state index in [1.54, 1.807) is 4.90 Å². The van der Waals surface area contributed by atoms with Gasteiger partial charge in [-0.2, -0.15) is 0 Å². The summed E-state index contributed by atoms with van der Waals surface area (Å²) in [7, 11) is 3.76. The van der Waals surface area contributed by atoms with E-state index in [4.69, 9.17) is 4.74 Å². The average Bonchev–Trinajstić information content (AvgIpc) is 2.64. The fourth-order valence-electron chi connectivity index (χ4n) is 2.94. The minimum Gasteiger partial charge on any atom is -0.374 e. The van der Waals surface area contributed by atoms with Crippen LogP contribution < -0.4 is 5.32 Å². The molecule has 1 aromatic carbocycles. The molecule has 27 heavy (non-hydrogen) atoms. The molecule has 0 atom stereocenters. The molecule has 7 nitrogen and oxygen atoms in total. The Morgan fingerprint density at radius 2 is 1.67 bits per heavy atom. The monoisotopic (exact) mass is 376 g/mol. The lowest BCUT2D eigenvalue weighted by Gasteiger charge is -2.35. The summed E-state index contributed by atoms with van der Waals surface area (Å²) < 4.78 is 5.69. The number of nitrogens with zero attached hydrogens (tertiary/aromatic N) is 3. The van der Waals surface area contributed by atoms with Crippen molar-refractivity contribution in [1.29, 1.82) is 0 Å². The number of carbonyl (C=O) groups is 2. The van der Waals surface area contributed by atoms with E-state index in [1.165, 1.54) is 0 Å². The smallest absolute Gasteiger partial charge is 0.317 e. The van der Waals surface area contributed by atoms with Crippen molar-refractivity contribution in [3.63, 3.8) is 0 Å². The van der Waals surface area contributed by atoms with E-state index >= 15 is 0 Å². The predicted octanol–water partition coefficient (Wildman–Crippen LogP) is 1.53. The molecule has 0 spiro atoms. The number of ether oxygens (including phenoxy) is 1. The summed E-state index contributed by atoms with van der Waals surface area (Å²) in [6.07, 6.45) is 0.166. The van der Waals surface area contributed by atoms with Crippen LogP contribution in [0.1, 0.15) is 25.0 Å². The first-order chi connectivity index (χ1) is 12.9. The Kier molecular flexibility index (Phi) is 8.06. The topological polar surface area (TPSA) is 65.1 Å². The van der Waals surface area contributed by atoms with Gasteiger partial charge in [-0.05, 0) is 39.1 Å². The van der Waals surface area contributed by atoms with Crippen LogP contribution in [0.5, 0.6) is 0 Å². The first kappa shape index (κ1) is 21.2. The van der Waals surface area contributed by atoms with Crippen molar-refractivity contribution in [1.82, 2.24) is 20.0 Å². The molecule has 0 saturated carbocycles. The number of piperazine rings is 1. The summed E-state index contributed by atoms with van der Waals surface area (Å²) in [6.45, 7) is 7.71. The molecule has 3 amide bonds. The molecule has 1 aromatic rings. The van der Waals surface area contributed by atoms with Crippen LogP contribution in [0.2, 0.25) is 0 Å². The van der Waals surface area contributed by atoms with Crippen LogP contribution in [-0.4, -0.2) is 79.6 Å². The standard InChI is InChI=1S/C20H32N4O3/c1-16(2)27-15-18-8-6-5-7-17(18)13-21-20(26)24-11-9-23(10-12-24)19(25)14-22(3)4/h5-8,16H,9-15H2,1-4H3,(H,21,26). The van der Waals surface area contributed by atoms with Gasteiger partial charge in [0.1, 0.15) is 0 Å². The van der Waals surface area contributed by atoms with Crippen molar-refractivity contribution >= 4 is 11.9 Å². The SMILES string of the molecule is CC(C)OCc1ccccc1CNC(=O)N1CCN(C(=O)CN(C)C)CC1. The highest BCUT2D eigenvalue weighted by molar-refractivity contribution is 5.79. The second kappa shape index (κ2) is 10.3. The highest BCUT2D eigenvalue weighted by atomic mass is 16.5. The summed E-state index contributed by atoms with van der Waals surface area (Å²) in [4.78, 5) is 30.0. The van der Waals surface area contributed by atoms with Gasteiger partial charge in [-0.3, -0.25) is 4.79 Å². The quantitative estimate of drug-likeness (QED) is 0.784. The third-order valence-corrected chi connectivity index (χ3v) is 4.49. The summed E-state index contributed by atoms with van der Waals surface area (Å²) in [6, 6.07) is 7.90. The maximum atomic E-state index is 12.5. The number of urea groups is 1. The molecule has 1 fully saturated rings. The number of nitrogens with one attached hydrogen (secondary N) is 1. The molecule has 0 aliphatic carbocycles. The van der Waals surface area contributed by atoms with Crippen LogP contribution in [0, 0.1) is 0 Å². The Morgan fingerprint density at radius 3 is 2.26 bits per heavy atom. The molecular weight excluding hydrogens is 344 g/mol. The Morgan fingerprint density at radius 1 is 1.07 bits per heavy atom. The predicted molar refractivity (Wildman–Crippen MR) is 105 cm³/mol. The van der Waals surface area contributed by atoms with Gasteiger partial charge < -0.3 is 24.8 Å². The van der Waals surface area contributed by atoms with Gasteiger partial charge in [0.15, 0.2) is 0 Å². The maximum absolute atomic E-state index is 12.5. The van der Waals surface area contributed by atoms with Gasteiger partial charge in [0.05, 0.1) is 19.3 Å². The van der Waals surface area contributed by atoms with Gasteiger partial charge in [-0.1, -0.05) is 24.3 Å². The lowest BCUT2D eigenvalue weighted by molar-refractivity contribution is -0.133. The number of likely N-dealkylation sites (N-methyl/N-ethyl adjacent to an activating group) is 1. The van der Waals surface area contributed by atoms with Gasteiger partial charge in [0.2, 0.25) is 5.91 Å². The van der Waals surface area contributed by atoms with E-state index in [9.17, 15) is 9.59 Å². The molecule has 1 heterocycles. The minimum atomic E-state index is -0.0886. The van der Waals surface area contributed by atoms with Crippen molar-refractivity contribution in [2.24, 2.45) is 0 Å². The van der Waals surface area contributed by atoms with E-state index in [0.717, 1.165) is 11.1 Å². The number of amides is 3. The zero-order valence-corrected chi connectivity index (χ0v) is 16.9. The molecule has 1 aliphatic heterocycles. The Balaban J connectivity index is 1.81. The molecule has 1 aliphatic rings. The van der Waals surface area contributed by atoms with E-state index in [2.05, 4.69) is 5.32 Å². The third kappa shape index (κ3) is 6.84. The first-order valence-electron chi connectivity index (χ1n) is 9.50. The van der Waals surface area contributed by atoms with Gasteiger partial charge in [-0.25, -0.2) is 4.79 Å². The van der Waals surface area contributed by atoms with Gasteiger partial charge in [0, 0.05) is 32.7 Å². The largest absolute Gasteiger partial charge is 0.374 e. The van der Waals surface area contributed by atoms with Gasteiger partial charge in [0.25, 0.3) is 0 Å². The van der Waals surface area contributed by atoms with Crippen molar-refractivity contribution in [2.75, 3.05) is 46.8 Å². The van der Waals surface area contributed by atoms with Crippen molar-refractivity contribution in [3.8, 4) is 0 Å². The molecule has 2 rings (SSSR count). The Hall–Kier alpha value is -2.12. The maximum Gasteiger partial charge on any atom is 0.317 e. The van der Waals surface area contributed by atoms with Crippen LogP contribution in [0.15, 0.2) is 24.3 Å². The van der Waals surface area contributed by atoms with E-state index < -0.39 is 0 Å². The summed E-state index contributed by atoms with van der Waals surface area (Å²) in [5.41, 5.74) is 2.15. The second-order valence-corrected chi connectivity index (χ2v) is 7.39. The summed E-state index contributed by atoms with van der Waals surface area (Å²) >= 11 is 0. The van der Waals surface area contributed by atoms with Crippen LogP contribution in [-0.2, 0) is 22.7 Å². The second-order valence-electron chi connectivity index (χ2n) is 7.39. The number of carbonyl (C=O) groups excluding carboxylic acids is 2. The van der Waals surface area contributed by atoms with Crippen molar-refractivity contribution in [2.45, 2.75) is 33.1 Å². The fourth-order valence-corrected chi connectivity index (χ4v) is 2.94. The highest BCUT2D eigenvalue weighted by Crippen LogP contribution is 2.12. The molecule has 0 unspecified atom stereocenters. The normalized spacial score (nSPS) is 14.7. The molecule has 1 N–H and O–H groups in total. The molecule has 1 saturated heterocycles. The molecule has 7 heteroatoms. The molecule has 0 radical (unpaired) electrons. The molecule has 150 valence electrons. The van der Waals surface area contributed by atoms with E-state index in [-0.39, 0.29) is 18.0 Å². The highest BCUT2D eigenvalue weighted by Gasteiger charge is 2.24. The first-order valence-corrected chi connectivity index (χ1v) is 9.50. The number of hydrogen-bond acceptors (Lipinski definition) is 4. The lowest BCUT2D eigenvalue weighted by atomic mass is 10.1. The molecular formula is C20H32N4O3. The summed E-state index contributed by atoms with van der Waals surface area (Å²) in [5.74, 6) is 0.110. The molecule has 0 bridgehead atoms. The van der Waals surface area contributed by atoms with E-state index in [1.807, 2.05) is 62.0 Å². The van der Waals surface area contributed by atoms with Crippen LogP contribution in [0.25, 0.3) is 0 Å². The fraction of sp³-hybridized carbons (Fsp3) is 0.600. The van der Waals surface area contributed by atoms with Crippen LogP contribution in [0.3, 0.4) is 0 Å². The lowest BCUT2D eigenvalue weighted by Crippen LogP contribution is -2.54. The van der Waals surface area contributed by atoms with Gasteiger partial charge in [-0.15, -0.1) is 0 Å². The zero-order chi connectivity index (χ0) is 19.8. The third-order valence-electron chi connectivity index (χ3n) is 4.49. The average molecular weight is 377 g/mol. The van der Waals surface area contributed by atoms with Crippen LogP contribution >= 0.6 is 0 Å².